The third-order valence-electron chi connectivity index (χ3n) is 5.42. The highest BCUT2D eigenvalue weighted by Gasteiger charge is 2.35. The molecule has 168 valence electrons. The molecule has 6 nitrogen and oxygen atoms in total. The summed E-state index contributed by atoms with van der Waals surface area (Å²) in [5.41, 5.74) is 1.32. The third-order valence-corrected chi connectivity index (χ3v) is 7.42. The summed E-state index contributed by atoms with van der Waals surface area (Å²) in [5.74, 6) is 1.61. The van der Waals surface area contributed by atoms with Gasteiger partial charge in [0.15, 0.2) is 9.84 Å². The van der Waals surface area contributed by atoms with Gasteiger partial charge in [0, 0.05) is 22.2 Å². The highest BCUT2D eigenvalue weighted by atomic mass is 35.5. The predicted molar refractivity (Wildman–Crippen MR) is 124 cm³/mol. The Hall–Kier alpha value is -2.77. The number of sulfone groups is 1. The van der Waals surface area contributed by atoms with E-state index in [1.807, 2.05) is 31.2 Å². The van der Waals surface area contributed by atoms with Crippen molar-refractivity contribution in [1.29, 1.82) is 0 Å². The van der Waals surface area contributed by atoms with Crippen molar-refractivity contribution in [2.24, 2.45) is 0 Å². The molecule has 1 unspecified atom stereocenters. The zero-order valence-corrected chi connectivity index (χ0v) is 19.2. The Morgan fingerprint density at radius 2 is 1.94 bits per heavy atom. The Bertz CT molecular complexity index is 1200. The van der Waals surface area contributed by atoms with Crippen molar-refractivity contribution in [1.82, 2.24) is 4.90 Å². The highest BCUT2D eigenvalue weighted by molar-refractivity contribution is 7.91. The molecule has 1 fully saturated rings. The van der Waals surface area contributed by atoms with Crippen molar-refractivity contribution >= 4 is 27.3 Å². The average Bonchev–Trinajstić information content (AvgIpc) is 3.38. The first-order valence-corrected chi connectivity index (χ1v) is 12.6. The number of carbonyl (C=O) groups excluding carboxylic acids is 1. The van der Waals surface area contributed by atoms with Gasteiger partial charge in [0.2, 0.25) is 0 Å². The van der Waals surface area contributed by atoms with Crippen LogP contribution in [0.5, 0.6) is 5.75 Å². The van der Waals surface area contributed by atoms with Crippen LogP contribution in [0.1, 0.15) is 29.5 Å². The van der Waals surface area contributed by atoms with Crippen molar-refractivity contribution in [3.8, 4) is 17.1 Å². The molecule has 1 aromatic heterocycles. The number of ether oxygens (including phenoxy) is 1. The Kier molecular flexibility index (Phi) is 6.58. The van der Waals surface area contributed by atoms with E-state index in [0.717, 1.165) is 5.56 Å². The first-order valence-electron chi connectivity index (χ1n) is 10.4. The van der Waals surface area contributed by atoms with Crippen LogP contribution in [-0.2, 0) is 16.4 Å². The molecule has 0 bridgehead atoms. The lowest BCUT2D eigenvalue weighted by molar-refractivity contribution is 0.0666. The van der Waals surface area contributed by atoms with Crippen LogP contribution in [0.3, 0.4) is 0 Å². The van der Waals surface area contributed by atoms with Crippen LogP contribution in [0.2, 0.25) is 5.02 Å². The van der Waals surface area contributed by atoms with E-state index < -0.39 is 15.9 Å². The second-order valence-electron chi connectivity index (χ2n) is 7.72. The van der Waals surface area contributed by atoms with Crippen molar-refractivity contribution in [3.63, 3.8) is 0 Å². The van der Waals surface area contributed by atoms with Crippen LogP contribution in [-0.4, -0.2) is 43.4 Å². The number of amides is 1. The standard InChI is InChI=1S/C24H24ClNO5S/c1-2-30-21-5-3-4-18(14-21)24(27)26(20-12-13-32(28,29)16-20)15-22-10-11-23(31-22)17-6-8-19(25)9-7-17/h3-11,14,20H,2,12-13,15-16H2,1H3. The van der Waals surface area contributed by atoms with Crippen LogP contribution in [0.15, 0.2) is 65.1 Å². The van der Waals surface area contributed by atoms with Gasteiger partial charge >= 0.3 is 0 Å². The molecule has 0 spiro atoms. The van der Waals surface area contributed by atoms with Crippen LogP contribution in [0.4, 0.5) is 0 Å². The van der Waals surface area contributed by atoms with E-state index in [1.165, 1.54) is 0 Å². The first-order chi connectivity index (χ1) is 15.3. The number of hydrogen-bond acceptors (Lipinski definition) is 5. The molecule has 2 aromatic carbocycles. The van der Waals surface area contributed by atoms with Gasteiger partial charge in [-0.2, -0.15) is 0 Å². The summed E-state index contributed by atoms with van der Waals surface area (Å²) in [7, 11) is -3.17. The minimum absolute atomic E-state index is 0.0470. The first kappa shape index (κ1) is 22.4. The minimum Gasteiger partial charge on any atom is -0.494 e. The fourth-order valence-electron chi connectivity index (χ4n) is 3.84. The molecule has 8 heteroatoms. The van der Waals surface area contributed by atoms with Gasteiger partial charge in [-0.25, -0.2) is 8.42 Å². The molecule has 0 radical (unpaired) electrons. The van der Waals surface area contributed by atoms with Crippen molar-refractivity contribution in [2.75, 3.05) is 18.1 Å². The lowest BCUT2D eigenvalue weighted by atomic mass is 10.1. The molecule has 1 aliphatic heterocycles. The maximum Gasteiger partial charge on any atom is 0.254 e. The van der Waals surface area contributed by atoms with Crippen molar-refractivity contribution < 1.29 is 22.4 Å². The number of benzene rings is 2. The van der Waals surface area contributed by atoms with E-state index >= 15 is 0 Å². The lowest BCUT2D eigenvalue weighted by Gasteiger charge is -2.27. The molecule has 1 saturated heterocycles. The second kappa shape index (κ2) is 9.38. The molecular formula is C24H24ClNO5S. The summed E-state index contributed by atoms with van der Waals surface area (Å²) in [5, 5.41) is 0.633. The number of halogens is 1. The summed E-state index contributed by atoms with van der Waals surface area (Å²) in [6.45, 7) is 2.53. The van der Waals surface area contributed by atoms with Crippen LogP contribution < -0.4 is 4.74 Å². The predicted octanol–water partition coefficient (Wildman–Crippen LogP) is 4.83. The Morgan fingerprint density at radius 3 is 2.62 bits per heavy atom. The average molecular weight is 474 g/mol. The van der Waals surface area contributed by atoms with Gasteiger partial charge in [0.25, 0.3) is 5.91 Å². The van der Waals surface area contributed by atoms with Crippen molar-refractivity contribution in [2.45, 2.75) is 25.9 Å². The summed E-state index contributed by atoms with van der Waals surface area (Å²) >= 11 is 5.96. The van der Waals surface area contributed by atoms with Crippen LogP contribution >= 0.6 is 11.6 Å². The van der Waals surface area contributed by atoms with Gasteiger partial charge in [-0.15, -0.1) is 0 Å². The monoisotopic (exact) mass is 473 g/mol. The number of hydrogen-bond donors (Lipinski definition) is 0. The van der Waals surface area contributed by atoms with E-state index in [1.54, 1.807) is 41.3 Å². The lowest BCUT2D eigenvalue weighted by Crippen LogP contribution is -2.40. The van der Waals surface area contributed by atoms with Gasteiger partial charge in [-0.05, 0) is 67.9 Å². The Labute approximate surface area is 192 Å². The SMILES string of the molecule is CCOc1cccc(C(=O)N(Cc2ccc(-c3ccc(Cl)cc3)o2)C2CCS(=O)(=O)C2)c1. The smallest absolute Gasteiger partial charge is 0.254 e. The van der Waals surface area contributed by atoms with E-state index in [-0.39, 0.29) is 24.0 Å². The van der Waals surface area contributed by atoms with Crippen molar-refractivity contribution in [3.05, 3.63) is 77.0 Å². The Morgan fingerprint density at radius 1 is 1.16 bits per heavy atom. The summed E-state index contributed by atoms with van der Waals surface area (Å²) < 4.78 is 35.7. The molecule has 0 saturated carbocycles. The number of carbonyl (C=O) groups is 1. The maximum absolute atomic E-state index is 13.4. The molecule has 2 heterocycles. The molecule has 4 rings (SSSR count). The summed E-state index contributed by atoms with van der Waals surface area (Å²) in [6.07, 6.45) is 0.407. The molecule has 3 aromatic rings. The van der Waals surface area contributed by atoms with Gasteiger partial charge in [-0.1, -0.05) is 17.7 Å². The normalized spacial score (nSPS) is 17.2. The minimum atomic E-state index is -3.17. The molecule has 0 aliphatic carbocycles. The molecule has 1 aliphatic rings. The maximum atomic E-state index is 13.4. The topological polar surface area (TPSA) is 76.8 Å². The Balaban J connectivity index is 1.61. The van der Waals surface area contributed by atoms with Crippen LogP contribution in [0, 0.1) is 0 Å². The number of nitrogens with zero attached hydrogens (tertiary/aromatic N) is 1. The quantitative estimate of drug-likeness (QED) is 0.491. The second-order valence-corrected chi connectivity index (χ2v) is 10.4. The van der Waals surface area contributed by atoms with Gasteiger partial charge in [-0.3, -0.25) is 4.79 Å². The van der Waals surface area contributed by atoms with E-state index in [9.17, 15) is 13.2 Å². The molecular weight excluding hydrogens is 450 g/mol. The number of rotatable bonds is 7. The fraction of sp³-hybridized carbons (Fsp3) is 0.292. The summed E-state index contributed by atoms with van der Waals surface area (Å²) in [6, 6.07) is 17.5. The van der Waals surface area contributed by atoms with Gasteiger partial charge in [0.05, 0.1) is 24.7 Å². The third kappa shape index (κ3) is 5.16. The molecule has 1 amide bonds. The van der Waals surface area contributed by atoms with E-state index in [0.29, 0.717) is 40.9 Å². The summed E-state index contributed by atoms with van der Waals surface area (Å²) in [4.78, 5) is 15.0. The van der Waals surface area contributed by atoms with Gasteiger partial charge in [0.1, 0.15) is 17.3 Å². The number of furan rings is 1. The zero-order valence-electron chi connectivity index (χ0n) is 17.7. The zero-order chi connectivity index (χ0) is 22.7. The fourth-order valence-corrected chi connectivity index (χ4v) is 5.70. The molecule has 1 atom stereocenters. The highest BCUT2D eigenvalue weighted by Crippen LogP contribution is 2.27. The van der Waals surface area contributed by atoms with Crippen LogP contribution in [0.25, 0.3) is 11.3 Å². The largest absolute Gasteiger partial charge is 0.494 e. The van der Waals surface area contributed by atoms with E-state index in [4.69, 9.17) is 20.8 Å². The molecule has 0 N–H and O–H groups in total. The van der Waals surface area contributed by atoms with E-state index in [2.05, 4.69) is 0 Å². The molecule has 32 heavy (non-hydrogen) atoms. The van der Waals surface area contributed by atoms with Gasteiger partial charge < -0.3 is 14.1 Å².